The van der Waals surface area contributed by atoms with E-state index in [1.54, 1.807) is 0 Å². The molecule has 0 radical (unpaired) electrons. The van der Waals surface area contributed by atoms with E-state index in [0.717, 1.165) is 10.9 Å². The van der Waals surface area contributed by atoms with E-state index in [4.69, 9.17) is 5.73 Å². The van der Waals surface area contributed by atoms with E-state index >= 15 is 0 Å². The fourth-order valence-electron chi connectivity index (χ4n) is 1.86. The number of carbonyl (C=O) groups excluding carboxylic acids is 1. The van der Waals surface area contributed by atoms with Gasteiger partial charge in [0.1, 0.15) is 5.69 Å². The average Bonchev–Trinajstić information content (AvgIpc) is 2.67. The van der Waals surface area contributed by atoms with Gasteiger partial charge in [-0.3, -0.25) is 4.79 Å². The minimum absolute atomic E-state index is 0.0134. The van der Waals surface area contributed by atoms with Crippen molar-refractivity contribution < 1.29 is 4.79 Å². The monoisotopic (exact) mass is 231 g/mol. The molecule has 2 aromatic rings. The Balaban J connectivity index is 2.35. The zero-order chi connectivity index (χ0) is 12.4. The maximum atomic E-state index is 12.0. The molecule has 4 nitrogen and oxygen atoms in total. The van der Waals surface area contributed by atoms with Crippen LogP contribution in [0, 0.1) is 0 Å². The molecule has 0 saturated heterocycles. The summed E-state index contributed by atoms with van der Waals surface area (Å²) in [5.41, 5.74) is 7.20. The van der Waals surface area contributed by atoms with Gasteiger partial charge in [-0.15, -0.1) is 0 Å². The Bertz CT molecular complexity index is 545. The van der Waals surface area contributed by atoms with Crippen molar-refractivity contribution in [2.75, 3.05) is 6.54 Å². The van der Waals surface area contributed by atoms with Gasteiger partial charge in [0.05, 0.1) is 0 Å². The molecule has 17 heavy (non-hydrogen) atoms. The van der Waals surface area contributed by atoms with Crippen molar-refractivity contribution in [2.45, 2.75) is 13.0 Å². The van der Waals surface area contributed by atoms with Crippen LogP contribution >= 0.6 is 0 Å². The molecule has 1 unspecified atom stereocenters. The number of aromatic nitrogens is 1. The standard InChI is InChI=1S/C13H17N3O/c1-9(8-14)15-13(17)12-7-10-5-3-4-6-11(10)16(12)2/h3-7,9H,8,14H2,1-2H3,(H,15,17). The second-order valence-corrected chi connectivity index (χ2v) is 4.26. The van der Waals surface area contributed by atoms with Crippen molar-refractivity contribution in [3.63, 3.8) is 0 Å². The molecule has 0 aliphatic carbocycles. The number of benzene rings is 1. The zero-order valence-electron chi connectivity index (χ0n) is 10.1. The SMILES string of the molecule is CC(CN)NC(=O)c1cc2ccccc2n1C. The lowest BCUT2D eigenvalue weighted by molar-refractivity contribution is 0.0933. The number of nitrogens with one attached hydrogen (secondary N) is 1. The van der Waals surface area contributed by atoms with Gasteiger partial charge in [0.15, 0.2) is 0 Å². The maximum absolute atomic E-state index is 12.0. The molecule has 0 spiro atoms. The van der Waals surface area contributed by atoms with Gasteiger partial charge in [-0.2, -0.15) is 0 Å². The number of amides is 1. The highest BCUT2D eigenvalue weighted by Gasteiger charge is 2.14. The summed E-state index contributed by atoms with van der Waals surface area (Å²) in [5, 5.41) is 3.93. The summed E-state index contributed by atoms with van der Waals surface area (Å²) in [5.74, 6) is -0.0818. The number of hydrogen-bond donors (Lipinski definition) is 2. The molecule has 1 aromatic carbocycles. The van der Waals surface area contributed by atoms with E-state index in [-0.39, 0.29) is 11.9 Å². The minimum Gasteiger partial charge on any atom is -0.347 e. The molecule has 90 valence electrons. The highest BCUT2D eigenvalue weighted by Crippen LogP contribution is 2.18. The van der Waals surface area contributed by atoms with Crippen LogP contribution in [0.25, 0.3) is 10.9 Å². The molecule has 0 saturated carbocycles. The van der Waals surface area contributed by atoms with Crippen molar-refractivity contribution in [3.05, 3.63) is 36.0 Å². The second-order valence-electron chi connectivity index (χ2n) is 4.26. The van der Waals surface area contributed by atoms with Crippen LogP contribution in [-0.2, 0) is 7.05 Å². The van der Waals surface area contributed by atoms with Gasteiger partial charge in [-0.1, -0.05) is 18.2 Å². The highest BCUT2D eigenvalue weighted by atomic mass is 16.2. The molecule has 1 amide bonds. The van der Waals surface area contributed by atoms with Crippen LogP contribution in [0.15, 0.2) is 30.3 Å². The number of fused-ring (bicyclic) bond motifs is 1. The van der Waals surface area contributed by atoms with E-state index in [1.165, 1.54) is 0 Å². The predicted octanol–water partition coefficient (Wildman–Crippen LogP) is 1.26. The van der Waals surface area contributed by atoms with Crippen molar-refractivity contribution in [1.29, 1.82) is 0 Å². The number of nitrogens with zero attached hydrogens (tertiary/aromatic N) is 1. The average molecular weight is 231 g/mol. The van der Waals surface area contributed by atoms with E-state index < -0.39 is 0 Å². The first kappa shape index (κ1) is 11.7. The number of nitrogens with two attached hydrogens (primary N) is 1. The van der Waals surface area contributed by atoms with E-state index in [1.807, 2.05) is 48.9 Å². The first-order valence-electron chi connectivity index (χ1n) is 5.69. The number of aryl methyl sites for hydroxylation is 1. The summed E-state index contributed by atoms with van der Waals surface area (Å²) < 4.78 is 1.90. The Labute approximate surface area is 100 Å². The third-order valence-corrected chi connectivity index (χ3v) is 2.92. The second kappa shape index (κ2) is 4.59. The van der Waals surface area contributed by atoms with Crippen LogP contribution in [0.4, 0.5) is 0 Å². The van der Waals surface area contributed by atoms with Gasteiger partial charge in [0, 0.05) is 30.5 Å². The third kappa shape index (κ3) is 2.17. The molecule has 0 aliphatic rings. The summed E-state index contributed by atoms with van der Waals surface area (Å²) in [6.07, 6.45) is 0. The van der Waals surface area contributed by atoms with Gasteiger partial charge >= 0.3 is 0 Å². The maximum Gasteiger partial charge on any atom is 0.268 e. The van der Waals surface area contributed by atoms with Gasteiger partial charge in [0.25, 0.3) is 5.91 Å². The van der Waals surface area contributed by atoms with Crippen molar-refractivity contribution in [3.8, 4) is 0 Å². The predicted molar refractivity (Wildman–Crippen MR) is 68.9 cm³/mol. The Hall–Kier alpha value is -1.81. The minimum atomic E-state index is -0.0818. The summed E-state index contributed by atoms with van der Waals surface area (Å²) in [6, 6.07) is 9.81. The molecule has 1 aromatic heterocycles. The molecule has 4 heteroatoms. The number of hydrogen-bond acceptors (Lipinski definition) is 2. The first-order valence-corrected chi connectivity index (χ1v) is 5.69. The largest absolute Gasteiger partial charge is 0.347 e. The van der Waals surface area contributed by atoms with Crippen LogP contribution < -0.4 is 11.1 Å². The third-order valence-electron chi connectivity index (χ3n) is 2.92. The normalized spacial score (nSPS) is 12.6. The summed E-state index contributed by atoms with van der Waals surface area (Å²) in [7, 11) is 1.89. The van der Waals surface area contributed by atoms with Gasteiger partial charge in [-0.05, 0) is 19.1 Å². The van der Waals surface area contributed by atoms with Crippen molar-refractivity contribution in [2.24, 2.45) is 12.8 Å². The fraction of sp³-hybridized carbons (Fsp3) is 0.308. The molecule has 0 bridgehead atoms. The summed E-state index contributed by atoms with van der Waals surface area (Å²) >= 11 is 0. The topological polar surface area (TPSA) is 60.0 Å². The van der Waals surface area contributed by atoms with Crippen molar-refractivity contribution in [1.82, 2.24) is 9.88 Å². The molecular formula is C13H17N3O. The number of para-hydroxylation sites is 1. The summed E-state index contributed by atoms with van der Waals surface area (Å²) in [6.45, 7) is 2.33. The van der Waals surface area contributed by atoms with E-state index in [9.17, 15) is 4.79 Å². The van der Waals surface area contributed by atoms with E-state index in [0.29, 0.717) is 12.2 Å². The highest BCUT2D eigenvalue weighted by molar-refractivity contribution is 5.98. The van der Waals surface area contributed by atoms with Gasteiger partial charge in [-0.25, -0.2) is 0 Å². The lowest BCUT2D eigenvalue weighted by Gasteiger charge is -2.11. The number of rotatable bonds is 3. The van der Waals surface area contributed by atoms with Crippen LogP contribution in [0.5, 0.6) is 0 Å². The van der Waals surface area contributed by atoms with Crippen LogP contribution in [-0.4, -0.2) is 23.1 Å². The molecule has 3 N–H and O–H groups in total. The Morgan fingerprint density at radius 3 is 2.82 bits per heavy atom. The van der Waals surface area contributed by atoms with Crippen molar-refractivity contribution >= 4 is 16.8 Å². The van der Waals surface area contributed by atoms with Gasteiger partial charge in [0.2, 0.25) is 0 Å². The Morgan fingerprint density at radius 1 is 1.47 bits per heavy atom. The van der Waals surface area contributed by atoms with Crippen LogP contribution in [0.2, 0.25) is 0 Å². The fourth-order valence-corrected chi connectivity index (χ4v) is 1.86. The molecule has 1 heterocycles. The lowest BCUT2D eigenvalue weighted by atomic mass is 10.2. The summed E-state index contributed by atoms with van der Waals surface area (Å²) in [4.78, 5) is 12.0. The molecule has 1 atom stereocenters. The lowest BCUT2D eigenvalue weighted by Crippen LogP contribution is -2.38. The Kier molecular flexibility index (Phi) is 3.15. The molecule has 2 rings (SSSR count). The Morgan fingerprint density at radius 2 is 2.18 bits per heavy atom. The van der Waals surface area contributed by atoms with Gasteiger partial charge < -0.3 is 15.6 Å². The number of carbonyl (C=O) groups is 1. The van der Waals surface area contributed by atoms with E-state index in [2.05, 4.69) is 5.32 Å². The van der Waals surface area contributed by atoms with Crippen LogP contribution in [0.1, 0.15) is 17.4 Å². The van der Waals surface area contributed by atoms with Crippen LogP contribution in [0.3, 0.4) is 0 Å². The molecule has 0 fully saturated rings. The smallest absolute Gasteiger partial charge is 0.268 e. The zero-order valence-corrected chi connectivity index (χ0v) is 10.1. The molecular weight excluding hydrogens is 214 g/mol. The quantitative estimate of drug-likeness (QED) is 0.835. The molecule has 0 aliphatic heterocycles. The first-order chi connectivity index (χ1) is 8.13.